The first kappa shape index (κ1) is 17.4. The number of aromatic nitrogens is 2. The summed E-state index contributed by atoms with van der Waals surface area (Å²) >= 11 is 0. The number of nitrogens with one attached hydrogen (secondary N) is 1. The lowest BCUT2D eigenvalue weighted by Crippen LogP contribution is -2.48. The van der Waals surface area contributed by atoms with E-state index in [1.165, 1.54) is 17.7 Å². The van der Waals surface area contributed by atoms with Crippen LogP contribution in [0.25, 0.3) is 11.3 Å². The number of H-pyrrole nitrogens is 1. The van der Waals surface area contributed by atoms with Gasteiger partial charge in [-0.15, -0.1) is 0 Å². The van der Waals surface area contributed by atoms with Gasteiger partial charge in [0.25, 0.3) is 5.91 Å². The molecule has 138 valence electrons. The summed E-state index contributed by atoms with van der Waals surface area (Å²) in [6, 6.07) is 16.4. The second-order valence-corrected chi connectivity index (χ2v) is 6.72. The van der Waals surface area contributed by atoms with Crippen molar-refractivity contribution in [1.29, 1.82) is 0 Å². The SMILES string of the molecule is O=C(c1cn[nH]c1-c1ccc(F)cc1)N1CCN(Cc2ccccc2)CC1. The van der Waals surface area contributed by atoms with Crippen molar-refractivity contribution >= 4 is 5.91 Å². The van der Waals surface area contributed by atoms with E-state index in [1.807, 2.05) is 23.1 Å². The fourth-order valence-corrected chi connectivity index (χ4v) is 3.41. The Balaban J connectivity index is 1.42. The number of carbonyl (C=O) groups is 1. The number of amides is 1. The van der Waals surface area contributed by atoms with Gasteiger partial charge in [-0.2, -0.15) is 5.10 Å². The minimum atomic E-state index is -0.305. The van der Waals surface area contributed by atoms with Gasteiger partial charge in [0.05, 0.1) is 17.5 Å². The molecule has 0 bridgehead atoms. The van der Waals surface area contributed by atoms with Gasteiger partial charge < -0.3 is 4.90 Å². The highest BCUT2D eigenvalue weighted by molar-refractivity contribution is 5.99. The highest BCUT2D eigenvalue weighted by atomic mass is 19.1. The van der Waals surface area contributed by atoms with Crippen LogP contribution in [0.5, 0.6) is 0 Å². The quantitative estimate of drug-likeness (QED) is 0.774. The third-order valence-electron chi connectivity index (χ3n) is 4.91. The molecule has 3 aromatic rings. The second-order valence-electron chi connectivity index (χ2n) is 6.72. The fraction of sp³-hybridized carbons (Fsp3) is 0.238. The fourth-order valence-electron chi connectivity index (χ4n) is 3.41. The molecule has 2 heterocycles. The molecule has 1 aromatic heterocycles. The molecule has 4 rings (SSSR count). The van der Waals surface area contributed by atoms with Crippen LogP contribution >= 0.6 is 0 Å². The van der Waals surface area contributed by atoms with Gasteiger partial charge in [0.15, 0.2) is 0 Å². The van der Waals surface area contributed by atoms with E-state index in [1.54, 1.807) is 18.3 Å². The van der Waals surface area contributed by atoms with Crippen LogP contribution in [0.4, 0.5) is 4.39 Å². The van der Waals surface area contributed by atoms with E-state index in [0.717, 1.165) is 25.2 Å². The molecule has 1 aliphatic heterocycles. The molecule has 27 heavy (non-hydrogen) atoms. The predicted octanol–water partition coefficient (Wildman–Crippen LogP) is 3.17. The largest absolute Gasteiger partial charge is 0.336 e. The van der Waals surface area contributed by atoms with Crippen LogP contribution in [0.3, 0.4) is 0 Å². The molecule has 0 atom stereocenters. The summed E-state index contributed by atoms with van der Waals surface area (Å²) in [7, 11) is 0. The standard InChI is InChI=1S/C21H21FN4O/c22-18-8-6-17(7-9-18)20-19(14-23-24-20)21(27)26-12-10-25(11-13-26)15-16-4-2-1-3-5-16/h1-9,14H,10-13,15H2,(H,23,24). The number of nitrogens with zero attached hydrogens (tertiary/aromatic N) is 3. The maximum Gasteiger partial charge on any atom is 0.257 e. The normalized spacial score (nSPS) is 15.1. The molecule has 1 aliphatic rings. The molecular formula is C21H21FN4O. The van der Waals surface area contributed by atoms with Crippen molar-refractivity contribution in [2.45, 2.75) is 6.54 Å². The monoisotopic (exact) mass is 364 g/mol. The summed E-state index contributed by atoms with van der Waals surface area (Å²) < 4.78 is 13.2. The Morgan fingerprint density at radius 3 is 2.41 bits per heavy atom. The molecule has 6 heteroatoms. The van der Waals surface area contributed by atoms with Crippen molar-refractivity contribution in [3.63, 3.8) is 0 Å². The summed E-state index contributed by atoms with van der Waals surface area (Å²) in [4.78, 5) is 17.2. The summed E-state index contributed by atoms with van der Waals surface area (Å²) in [5.74, 6) is -0.344. The molecule has 1 fully saturated rings. The van der Waals surface area contributed by atoms with Crippen LogP contribution in [0.15, 0.2) is 60.8 Å². The topological polar surface area (TPSA) is 52.2 Å². The van der Waals surface area contributed by atoms with E-state index in [-0.39, 0.29) is 11.7 Å². The van der Waals surface area contributed by atoms with Crippen molar-refractivity contribution in [1.82, 2.24) is 20.0 Å². The van der Waals surface area contributed by atoms with E-state index in [2.05, 4.69) is 27.2 Å². The van der Waals surface area contributed by atoms with E-state index < -0.39 is 0 Å². The first-order valence-corrected chi connectivity index (χ1v) is 9.05. The minimum Gasteiger partial charge on any atom is -0.336 e. The summed E-state index contributed by atoms with van der Waals surface area (Å²) in [6.45, 7) is 3.93. The Hall–Kier alpha value is -2.99. The van der Waals surface area contributed by atoms with Gasteiger partial charge in [-0.3, -0.25) is 14.8 Å². The van der Waals surface area contributed by atoms with Crippen LogP contribution in [0, 0.1) is 5.82 Å². The van der Waals surface area contributed by atoms with Crippen LogP contribution < -0.4 is 0 Å². The highest BCUT2D eigenvalue weighted by Crippen LogP contribution is 2.23. The predicted molar refractivity (Wildman–Crippen MR) is 102 cm³/mol. The lowest BCUT2D eigenvalue weighted by molar-refractivity contribution is 0.0629. The number of hydrogen-bond acceptors (Lipinski definition) is 3. The van der Waals surface area contributed by atoms with Crippen LogP contribution in [-0.4, -0.2) is 52.1 Å². The molecule has 5 nitrogen and oxygen atoms in total. The lowest BCUT2D eigenvalue weighted by atomic mass is 10.1. The molecule has 1 amide bonds. The average molecular weight is 364 g/mol. The zero-order valence-electron chi connectivity index (χ0n) is 14.9. The maximum atomic E-state index is 13.2. The van der Waals surface area contributed by atoms with Crippen molar-refractivity contribution in [2.24, 2.45) is 0 Å². The minimum absolute atomic E-state index is 0.0394. The van der Waals surface area contributed by atoms with Crippen LogP contribution in [0.2, 0.25) is 0 Å². The Labute approximate surface area is 157 Å². The Bertz CT molecular complexity index is 899. The van der Waals surface area contributed by atoms with Crippen LogP contribution in [0.1, 0.15) is 15.9 Å². The Kier molecular flexibility index (Phi) is 4.98. The molecule has 0 saturated carbocycles. The van der Waals surface area contributed by atoms with Crippen molar-refractivity contribution in [2.75, 3.05) is 26.2 Å². The van der Waals surface area contributed by atoms with Gasteiger partial charge in [0, 0.05) is 38.3 Å². The maximum absolute atomic E-state index is 13.2. The number of piperazine rings is 1. The van der Waals surface area contributed by atoms with Gasteiger partial charge in [-0.25, -0.2) is 4.39 Å². The molecule has 0 spiro atoms. The van der Waals surface area contributed by atoms with E-state index in [9.17, 15) is 9.18 Å². The first-order valence-electron chi connectivity index (χ1n) is 9.05. The van der Waals surface area contributed by atoms with Gasteiger partial charge in [0.1, 0.15) is 5.82 Å². The smallest absolute Gasteiger partial charge is 0.257 e. The summed E-state index contributed by atoms with van der Waals surface area (Å²) in [5.41, 5.74) is 3.19. The number of rotatable bonds is 4. The second kappa shape index (κ2) is 7.72. The van der Waals surface area contributed by atoms with Gasteiger partial charge in [-0.05, 0) is 29.8 Å². The molecule has 2 aromatic carbocycles. The van der Waals surface area contributed by atoms with Gasteiger partial charge >= 0.3 is 0 Å². The number of halogens is 1. The number of hydrogen-bond donors (Lipinski definition) is 1. The third kappa shape index (κ3) is 3.90. The van der Waals surface area contributed by atoms with Crippen molar-refractivity contribution < 1.29 is 9.18 Å². The molecule has 0 unspecified atom stereocenters. The molecule has 0 radical (unpaired) electrons. The van der Waals surface area contributed by atoms with E-state index in [4.69, 9.17) is 0 Å². The Morgan fingerprint density at radius 1 is 1.00 bits per heavy atom. The zero-order valence-corrected chi connectivity index (χ0v) is 14.9. The first-order chi connectivity index (χ1) is 13.2. The number of benzene rings is 2. The van der Waals surface area contributed by atoms with Gasteiger partial charge in [0.2, 0.25) is 0 Å². The lowest BCUT2D eigenvalue weighted by Gasteiger charge is -2.34. The average Bonchev–Trinajstić information content (AvgIpc) is 3.19. The van der Waals surface area contributed by atoms with Crippen molar-refractivity contribution in [3.05, 3.63) is 77.7 Å². The van der Waals surface area contributed by atoms with Gasteiger partial charge in [-0.1, -0.05) is 30.3 Å². The number of carbonyl (C=O) groups excluding carboxylic acids is 1. The molecular weight excluding hydrogens is 343 g/mol. The summed E-state index contributed by atoms with van der Waals surface area (Å²) in [6.07, 6.45) is 1.55. The highest BCUT2D eigenvalue weighted by Gasteiger charge is 2.25. The van der Waals surface area contributed by atoms with Crippen LogP contribution in [-0.2, 0) is 6.54 Å². The third-order valence-corrected chi connectivity index (χ3v) is 4.91. The van der Waals surface area contributed by atoms with E-state index in [0.29, 0.717) is 24.3 Å². The number of aromatic amines is 1. The molecule has 0 aliphatic carbocycles. The zero-order chi connectivity index (χ0) is 18.6. The summed E-state index contributed by atoms with van der Waals surface area (Å²) in [5, 5.41) is 6.90. The van der Waals surface area contributed by atoms with Crippen molar-refractivity contribution in [3.8, 4) is 11.3 Å². The molecule has 1 N–H and O–H groups in total. The van der Waals surface area contributed by atoms with E-state index >= 15 is 0 Å². The molecule has 1 saturated heterocycles. The Morgan fingerprint density at radius 2 is 1.70 bits per heavy atom.